The van der Waals surface area contributed by atoms with Crippen LogP contribution in [0.3, 0.4) is 0 Å². The van der Waals surface area contributed by atoms with Crippen LogP contribution in [0.25, 0.3) is 0 Å². The maximum Gasteiger partial charge on any atom is 0.330 e. The molecule has 3 rings (SSSR count). The number of aryl methyl sites for hydroxylation is 2. The third-order valence-electron chi connectivity index (χ3n) is 4.62. The number of pyridine rings is 1. The lowest BCUT2D eigenvalue weighted by Gasteiger charge is -2.24. The van der Waals surface area contributed by atoms with Gasteiger partial charge in [-0.05, 0) is 49.5 Å². The first-order valence-electron chi connectivity index (χ1n) is 7.90. The van der Waals surface area contributed by atoms with Crippen molar-refractivity contribution in [3.8, 4) is 0 Å². The van der Waals surface area contributed by atoms with Crippen molar-refractivity contribution in [2.75, 3.05) is 11.5 Å². The highest BCUT2D eigenvalue weighted by Crippen LogP contribution is 2.28. The van der Waals surface area contributed by atoms with Crippen LogP contribution in [0.5, 0.6) is 0 Å². The Morgan fingerprint density at radius 2 is 2.04 bits per heavy atom. The number of aromatic nitrogens is 1. The number of H-pyrrole nitrogens is 1. The second-order valence-corrected chi connectivity index (χ2v) is 7.33. The normalized spacial score (nSPS) is 23.8. The van der Waals surface area contributed by atoms with E-state index in [1.54, 1.807) is 6.07 Å². The fourth-order valence-corrected chi connectivity index (χ4v) is 4.52. The molecule has 3 N–H and O–H groups in total. The van der Waals surface area contributed by atoms with Gasteiger partial charge in [0.25, 0.3) is 11.5 Å². The number of carboxylic acids is 1. The van der Waals surface area contributed by atoms with Crippen molar-refractivity contribution in [1.82, 2.24) is 10.3 Å². The molecule has 0 saturated carbocycles. The number of fused-ring (bicyclic) bond motifs is 1. The molecule has 1 unspecified atom stereocenters. The molecule has 1 amide bonds. The lowest BCUT2D eigenvalue weighted by atomic mass is 9.98. The molecule has 1 aliphatic heterocycles. The molecule has 2 heterocycles. The SMILES string of the molecule is O=C(NC1(C(=O)O)CCSC1)c1cc2c([nH]c1=O)CCCCC2. The van der Waals surface area contributed by atoms with E-state index in [1.807, 2.05) is 0 Å². The number of thioether (sulfide) groups is 1. The van der Waals surface area contributed by atoms with Crippen molar-refractivity contribution in [3.63, 3.8) is 0 Å². The summed E-state index contributed by atoms with van der Waals surface area (Å²) in [6.07, 6.45) is 5.22. The third-order valence-corrected chi connectivity index (χ3v) is 5.81. The standard InChI is InChI=1S/C16H20N2O4S/c19-13-11(8-10-4-2-1-3-5-12(10)17-13)14(20)18-16(15(21)22)6-7-23-9-16/h8H,1-7,9H2,(H,17,19)(H,18,20)(H,21,22). The minimum atomic E-state index is -1.26. The molecule has 6 nitrogen and oxygen atoms in total. The number of aliphatic carboxylic acids is 1. The maximum atomic E-state index is 12.5. The van der Waals surface area contributed by atoms with Crippen LogP contribution in [0.2, 0.25) is 0 Å². The Morgan fingerprint density at radius 3 is 2.74 bits per heavy atom. The number of nitrogens with one attached hydrogen (secondary N) is 2. The number of carboxylic acid groups (broad SMARTS) is 1. The number of amides is 1. The van der Waals surface area contributed by atoms with E-state index in [0.717, 1.165) is 43.4 Å². The first-order valence-corrected chi connectivity index (χ1v) is 9.06. The minimum Gasteiger partial charge on any atom is -0.479 e. The summed E-state index contributed by atoms with van der Waals surface area (Å²) in [5.41, 5.74) is 0.226. The van der Waals surface area contributed by atoms with Gasteiger partial charge in [0.05, 0.1) is 0 Å². The first-order chi connectivity index (χ1) is 11.0. The molecule has 0 radical (unpaired) electrons. The molecule has 1 aromatic heterocycles. The van der Waals surface area contributed by atoms with E-state index in [0.29, 0.717) is 17.9 Å². The van der Waals surface area contributed by atoms with Gasteiger partial charge >= 0.3 is 5.97 Å². The van der Waals surface area contributed by atoms with Gasteiger partial charge in [0.15, 0.2) is 0 Å². The number of rotatable bonds is 3. The highest BCUT2D eigenvalue weighted by molar-refractivity contribution is 7.99. The number of aromatic amines is 1. The zero-order valence-corrected chi connectivity index (χ0v) is 13.6. The Balaban J connectivity index is 1.89. The van der Waals surface area contributed by atoms with E-state index in [9.17, 15) is 19.5 Å². The average molecular weight is 336 g/mol. The fourth-order valence-electron chi connectivity index (χ4n) is 3.19. The lowest BCUT2D eigenvalue weighted by molar-refractivity contribution is -0.143. The summed E-state index contributed by atoms with van der Waals surface area (Å²) >= 11 is 1.49. The summed E-state index contributed by atoms with van der Waals surface area (Å²) in [5.74, 6) is -0.616. The van der Waals surface area contributed by atoms with Gasteiger partial charge in [-0.3, -0.25) is 9.59 Å². The highest BCUT2D eigenvalue weighted by atomic mass is 32.2. The molecular weight excluding hydrogens is 316 g/mol. The highest BCUT2D eigenvalue weighted by Gasteiger charge is 2.43. The van der Waals surface area contributed by atoms with Gasteiger partial charge in [0, 0.05) is 11.4 Å². The third kappa shape index (κ3) is 3.15. The van der Waals surface area contributed by atoms with Crippen LogP contribution in [0.4, 0.5) is 0 Å². The van der Waals surface area contributed by atoms with E-state index in [4.69, 9.17) is 0 Å². The average Bonchev–Trinajstić information content (AvgIpc) is 2.87. The number of hydrogen-bond acceptors (Lipinski definition) is 4. The number of hydrogen-bond donors (Lipinski definition) is 3. The van der Waals surface area contributed by atoms with Gasteiger partial charge in [0.1, 0.15) is 11.1 Å². The molecule has 7 heteroatoms. The van der Waals surface area contributed by atoms with E-state index in [-0.39, 0.29) is 5.56 Å². The summed E-state index contributed by atoms with van der Waals surface area (Å²) < 4.78 is 0. The topological polar surface area (TPSA) is 99.3 Å². The first kappa shape index (κ1) is 16.1. The molecule has 1 atom stereocenters. The largest absolute Gasteiger partial charge is 0.479 e. The van der Waals surface area contributed by atoms with Crippen molar-refractivity contribution in [1.29, 1.82) is 0 Å². The predicted octanol–water partition coefficient (Wildman–Crippen LogP) is 1.33. The maximum absolute atomic E-state index is 12.5. The molecule has 0 aromatic carbocycles. The van der Waals surface area contributed by atoms with Gasteiger partial charge in [-0.25, -0.2) is 4.79 Å². The molecule has 1 aliphatic carbocycles. The fraction of sp³-hybridized carbons (Fsp3) is 0.562. The van der Waals surface area contributed by atoms with Crippen molar-refractivity contribution < 1.29 is 14.7 Å². The van der Waals surface area contributed by atoms with Crippen LogP contribution in [-0.4, -0.2) is 39.0 Å². The predicted molar refractivity (Wildman–Crippen MR) is 88.1 cm³/mol. The molecule has 1 aromatic rings. The molecule has 0 spiro atoms. The van der Waals surface area contributed by atoms with Crippen LogP contribution in [0.15, 0.2) is 10.9 Å². The summed E-state index contributed by atoms with van der Waals surface area (Å²) in [5, 5.41) is 12.0. The lowest BCUT2D eigenvalue weighted by Crippen LogP contribution is -2.55. The van der Waals surface area contributed by atoms with Crippen LogP contribution in [-0.2, 0) is 17.6 Å². The van der Waals surface area contributed by atoms with Crippen LogP contribution >= 0.6 is 11.8 Å². The Bertz CT molecular complexity index is 692. The van der Waals surface area contributed by atoms with Crippen LogP contribution in [0.1, 0.15) is 47.3 Å². The van der Waals surface area contributed by atoms with Gasteiger partial charge in [-0.2, -0.15) is 11.8 Å². The van der Waals surface area contributed by atoms with Gasteiger partial charge in [-0.15, -0.1) is 0 Å². The second-order valence-electron chi connectivity index (χ2n) is 6.22. The summed E-state index contributed by atoms with van der Waals surface area (Å²) in [6.45, 7) is 0. The van der Waals surface area contributed by atoms with Crippen molar-refractivity contribution in [2.24, 2.45) is 0 Å². The van der Waals surface area contributed by atoms with Crippen molar-refractivity contribution in [2.45, 2.75) is 44.1 Å². The van der Waals surface area contributed by atoms with Crippen molar-refractivity contribution >= 4 is 23.6 Å². The minimum absolute atomic E-state index is 0.0168. The molecular formula is C16H20N2O4S. The van der Waals surface area contributed by atoms with Gasteiger partial charge < -0.3 is 15.4 Å². The molecule has 23 heavy (non-hydrogen) atoms. The van der Waals surface area contributed by atoms with Crippen LogP contribution in [0, 0.1) is 0 Å². The smallest absolute Gasteiger partial charge is 0.330 e. The Labute approximate surface area is 138 Å². The van der Waals surface area contributed by atoms with E-state index in [1.165, 1.54) is 11.8 Å². The van der Waals surface area contributed by atoms with E-state index < -0.39 is 23.0 Å². The summed E-state index contributed by atoms with van der Waals surface area (Å²) in [6, 6.07) is 1.65. The Morgan fingerprint density at radius 1 is 1.26 bits per heavy atom. The second kappa shape index (κ2) is 6.39. The molecule has 124 valence electrons. The van der Waals surface area contributed by atoms with Gasteiger partial charge in [-0.1, -0.05) is 6.42 Å². The van der Waals surface area contributed by atoms with E-state index >= 15 is 0 Å². The monoisotopic (exact) mass is 336 g/mol. The quantitative estimate of drug-likeness (QED) is 0.723. The van der Waals surface area contributed by atoms with Gasteiger partial charge in [0.2, 0.25) is 0 Å². The van der Waals surface area contributed by atoms with Crippen LogP contribution < -0.4 is 10.9 Å². The number of carbonyl (C=O) groups excluding carboxylic acids is 1. The zero-order valence-electron chi connectivity index (χ0n) is 12.8. The van der Waals surface area contributed by atoms with E-state index in [2.05, 4.69) is 10.3 Å². The van der Waals surface area contributed by atoms with Crippen molar-refractivity contribution in [3.05, 3.63) is 33.2 Å². The Kier molecular flexibility index (Phi) is 4.48. The molecule has 2 aliphatic rings. The molecule has 1 saturated heterocycles. The zero-order chi connectivity index (χ0) is 16.4. The molecule has 0 bridgehead atoms. The summed E-state index contributed by atoms with van der Waals surface area (Å²) in [7, 11) is 0. The summed E-state index contributed by atoms with van der Waals surface area (Å²) in [4.78, 5) is 39.1. The molecule has 1 fully saturated rings. The number of carbonyl (C=O) groups is 2. The Hall–Kier alpha value is -1.76.